The molecule has 13 heavy (non-hydrogen) atoms. The average Bonchev–Trinajstić information content (AvgIpc) is 2.07. The van der Waals surface area contributed by atoms with Gasteiger partial charge in [-0.25, -0.2) is 0 Å². The Morgan fingerprint density at radius 3 is 1.77 bits per heavy atom. The monoisotopic (exact) mass is 208 g/mol. The smallest absolute Gasteiger partial charge is 0.458 e. The molecule has 0 N–H and O–H groups in total. The Morgan fingerprint density at radius 1 is 1.15 bits per heavy atom. The molecule has 78 valence electrons. The van der Waals surface area contributed by atoms with E-state index >= 15 is 0 Å². The molecule has 0 aliphatic heterocycles. The number of hydrogen-bond acceptors (Lipinski definition) is 5. The van der Waals surface area contributed by atoms with Gasteiger partial charge in [0.25, 0.3) is 0 Å². The third-order valence-corrected chi connectivity index (χ3v) is 4.51. The number of esters is 1. The minimum Gasteiger partial charge on any atom is -0.458 e. The Balaban J connectivity index is 4.43. The van der Waals surface area contributed by atoms with Crippen LogP contribution in [0.2, 0.25) is 0 Å². The molecule has 0 saturated heterocycles. The van der Waals surface area contributed by atoms with Crippen molar-refractivity contribution in [2.45, 2.75) is 19.6 Å². The number of ether oxygens (including phenoxy) is 1. The fourth-order valence-corrected chi connectivity index (χ4v) is 2.88. The van der Waals surface area contributed by atoms with Gasteiger partial charge in [-0.05, 0) is 6.92 Å². The van der Waals surface area contributed by atoms with Crippen LogP contribution >= 0.6 is 0 Å². The SMILES string of the molecule is CO[Si](OC)(OC)C(C)OC(C)=O. The largest absolute Gasteiger partial charge is 0.542 e. The molecule has 0 spiro atoms. The summed E-state index contributed by atoms with van der Waals surface area (Å²) in [5.74, 6) is -0.379. The fraction of sp³-hybridized carbons (Fsp3) is 0.857. The van der Waals surface area contributed by atoms with Crippen molar-refractivity contribution in [2.75, 3.05) is 21.3 Å². The maximum atomic E-state index is 10.7. The van der Waals surface area contributed by atoms with Gasteiger partial charge in [-0.1, -0.05) is 0 Å². The van der Waals surface area contributed by atoms with E-state index in [9.17, 15) is 4.79 Å². The second kappa shape index (κ2) is 5.33. The standard InChI is InChI=1S/C7H16O5Si/c1-6(8)12-7(2)13(9-3,10-4)11-5/h7H,1-5H3. The van der Waals surface area contributed by atoms with Crippen LogP contribution in [0.3, 0.4) is 0 Å². The second-order valence-corrected chi connectivity index (χ2v) is 5.71. The highest BCUT2D eigenvalue weighted by Gasteiger charge is 2.47. The molecule has 0 aliphatic carbocycles. The zero-order valence-electron chi connectivity index (χ0n) is 8.62. The van der Waals surface area contributed by atoms with Crippen molar-refractivity contribution in [3.8, 4) is 0 Å². The van der Waals surface area contributed by atoms with Crippen LogP contribution in [0.25, 0.3) is 0 Å². The van der Waals surface area contributed by atoms with E-state index in [1.165, 1.54) is 28.3 Å². The lowest BCUT2D eigenvalue weighted by Gasteiger charge is -2.29. The maximum Gasteiger partial charge on any atom is 0.542 e. The lowest BCUT2D eigenvalue weighted by atomic mass is 10.8. The third kappa shape index (κ3) is 3.07. The summed E-state index contributed by atoms with van der Waals surface area (Å²) in [5, 5.41) is 0. The number of rotatable bonds is 5. The number of hydrogen-bond donors (Lipinski definition) is 0. The van der Waals surface area contributed by atoms with E-state index in [1.807, 2.05) is 0 Å². The van der Waals surface area contributed by atoms with Gasteiger partial charge < -0.3 is 18.0 Å². The van der Waals surface area contributed by atoms with Crippen molar-refractivity contribution in [3.63, 3.8) is 0 Å². The molecule has 1 atom stereocenters. The van der Waals surface area contributed by atoms with Crippen LogP contribution < -0.4 is 0 Å². The molecule has 0 rings (SSSR count). The number of carbonyl (C=O) groups is 1. The molecule has 0 aromatic rings. The summed E-state index contributed by atoms with van der Waals surface area (Å²) >= 11 is 0. The number of carbonyl (C=O) groups excluding carboxylic acids is 1. The first kappa shape index (κ1) is 12.6. The summed E-state index contributed by atoms with van der Waals surface area (Å²) in [6.45, 7) is 3.01. The summed E-state index contributed by atoms with van der Waals surface area (Å²) in [6.07, 6.45) is 0. The molecule has 0 aromatic carbocycles. The second-order valence-electron chi connectivity index (χ2n) is 2.47. The summed E-state index contributed by atoms with van der Waals surface area (Å²) in [6, 6.07) is 0. The summed E-state index contributed by atoms with van der Waals surface area (Å²) in [7, 11) is 1.59. The molecular weight excluding hydrogens is 192 g/mol. The molecule has 0 bridgehead atoms. The Labute approximate surface area is 79.3 Å². The van der Waals surface area contributed by atoms with Gasteiger partial charge in [-0.3, -0.25) is 4.79 Å². The molecule has 0 heterocycles. The van der Waals surface area contributed by atoms with Gasteiger partial charge in [0.15, 0.2) is 5.73 Å². The van der Waals surface area contributed by atoms with Gasteiger partial charge in [0, 0.05) is 28.3 Å². The van der Waals surface area contributed by atoms with E-state index in [0.29, 0.717) is 0 Å². The van der Waals surface area contributed by atoms with E-state index in [2.05, 4.69) is 0 Å². The zero-order valence-corrected chi connectivity index (χ0v) is 9.62. The molecule has 0 aliphatic rings. The minimum absolute atomic E-state index is 0.379. The lowest BCUT2D eigenvalue weighted by molar-refractivity contribution is -0.145. The Hall–Kier alpha value is -0.433. The van der Waals surface area contributed by atoms with E-state index in [0.717, 1.165) is 0 Å². The van der Waals surface area contributed by atoms with Crippen molar-refractivity contribution >= 4 is 14.8 Å². The Morgan fingerprint density at radius 2 is 1.54 bits per heavy atom. The van der Waals surface area contributed by atoms with Crippen LogP contribution in [-0.4, -0.2) is 41.8 Å². The summed E-state index contributed by atoms with van der Waals surface area (Å²) in [4.78, 5) is 10.7. The quantitative estimate of drug-likeness (QED) is 0.482. The molecule has 0 fully saturated rings. The third-order valence-electron chi connectivity index (χ3n) is 1.69. The van der Waals surface area contributed by atoms with Gasteiger partial charge in [0.2, 0.25) is 0 Å². The summed E-state index contributed by atoms with van der Waals surface area (Å²) in [5.41, 5.74) is -0.495. The Kier molecular flexibility index (Phi) is 5.15. The van der Waals surface area contributed by atoms with Gasteiger partial charge in [0.05, 0.1) is 0 Å². The normalized spacial score (nSPS) is 13.9. The average molecular weight is 208 g/mol. The first-order chi connectivity index (χ1) is 6.02. The van der Waals surface area contributed by atoms with Gasteiger partial charge >= 0.3 is 14.8 Å². The molecule has 0 amide bonds. The molecule has 0 saturated carbocycles. The highest BCUT2D eigenvalue weighted by molar-refractivity contribution is 6.62. The molecular formula is C7H16O5Si. The zero-order chi connectivity index (χ0) is 10.5. The van der Waals surface area contributed by atoms with Crippen LogP contribution in [0.4, 0.5) is 0 Å². The summed E-state index contributed by atoms with van der Waals surface area (Å²) < 4.78 is 20.3. The van der Waals surface area contributed by atoms with Crippen LogP contribution in [-0.2, 0) is 22.8 Å². The molecule has 0 radical (unpaired) electrons. The molecule has 0 aromatic heterocycles. The van der Waals surface area contributed by atoms with E-state index < -0.39 is 14.5 Å². The topological polar surface area (TPSA) is 54.0 Å². The first-order valence-corrected chi connectivity index (χ1v) is 5.65. The highest BCUT2D eigenvalue weighted by Crippen LogP contribution is 2.14. The van der Waals surface area contributed by atoms with Crippen LogP contribution in [0.5, 0.6) is 0 Å². The predicted octanol–water partition coefficient (Wildman–Crippen LogP) is 0.355. The van der Waals surface area contributed by atoms with Crippen molar-refractivity contribution in [1.29, 1.82) is 0 Å². The van der Waals surface area contributed by atoms with E-state index in [-0.39, 0.29) is 5.97 Å². The first-order valence-electron chi connectivity index (χ1n) is 3.85. The molecule has 6 heteroatoms. The molecule has 5 nitrogen and oxygen atoms in total. The van der Waals surface area contributed by atoms with Crippen molar-refractivity contribution < 1.29 is 22.8 Å². The minimum atomic E-state index is -2.83. The Bertz CT molecular complexity index is 160. The van der Waals surface area contributed by atoms with Crippen molar-refractivity contribution in [3.05, 3.63) is 0 Å². The van der Waals surface area contributed by atoms with Crippen LogP contribution in [0.15, 0.2) is 0 Å². The molecule has 1 unspecified atom stereocenters. The lowest BCUT2D eigenvalue weighted by Crippen LogP contribution is -2.54. The van der Waals surface area contributed by atoms with Crippen LogP contribution in [0.1, 0.15) is 13.8 Å². The predicted molar refractivity (Wildman–Crippen MR) is 48.0 cm³/mol. The van der Waals surface area contributed by atoms with Gasteiger partial charge in [-0.15, -0.1) is 0 Å². The fourth-order valence-electron chi connectivity index (χ4n) is 1.07. The van der Waals surface area contributed by atoms with Gasteiger partial charge in [0.1, 0.15) is 0 Å². The van der Waals surface area contributed by atoms with E-state index in [4.69, 9.17) is 18.0 Å². The van der Waals surface area contributed by atoms with Crippen molar-refractivity contribution in [2.24, 2.45) is 0 Å². The van der Waals surface area contributed by atoms with Crippen LogP contribution in [0, 0.1) is 0 Å². The van der Waals surface area contributed by atoms with E-state index in [1.54, 1.807) is 6.92 Å². The highest BCUT2D eigenvalue weighted by atomic mass is 28.4. The maximum absolute atomic E-state index is 10.7. The van der Waals surface area contributed by atoms with Gasteiger partial charge in [-0.2, -0.15) is 0 Å². The van der Waals surface area contributed by atoms with Crippen molar-refractivity contribution in [1.82, 2.24) is 0 Å².